The highest BCUT2D eigenvalue weighted by molar-refractivity contribution is 6.33. The number of benzene rings is 3. The van der Waals surface area contributed by atoms with Gasteiger partial charge in [0.2, 0.25) is 11.8 Å². The summed E-state index contributed by atoms with van der Waals surface area (Å²) in [4.78, 5) is 24.5. The molecule has 0 unspecified atom stereocenters. The van der Waals surface area contributed by atoms with Crippen LogP contribution in [0.3, 0.4) is 0 Å². The van der Waals surface area contributed by atoms with Crippen LogP contribution in [0.4, 0.5) is 11.4 Å². The number of amides is 2. The number of rotatable bonds is 6. The van der Waals surface area contributed by atoms with Crippen LogP contribution in [-0.2, 0) is 22.4 Å². The molecule has 136 valence electrons. The second kappa shape index (κ2) is 9.01. The maximum absolute atomic E-state index is 12.3. The fraction of sp³-hybridized carbons (Fsp3) is 0.0909. The van der Waals surface area contributed by atoms with Crippen LogP contribution in [0.2, 0.25) is 5.02 Å². The highest BCUT2D eigenvalue weighted by Gasteiger charge is 2.10. The molecule has 0 saturated heterocycles. The zero-order chi connectivity index (χ0) is 19.1. The summed E-state index contributed by atoms with van der Waals surface area (Å²) >= 11 is 6.18. The zero-order valence-electron chi connectivity index (χ0n) is 14.6. The molecule has 4 nitrogen and oxygen atoms in total. The largest absolute Gasteiger partial charge is 0.326 e. The standard InChI is InChI=1S/C22H19ClN2O2/c23-19-12-11-18(24-21(26)13-16-7-3-1-4-8-16)15-20(19)25-22(27)14-17-9-5-2-6-10-17/h1-12,15H,13-14H2,(H,24,26)(H,25,27). The Balaban J connectivity index is 1.63. The molecule has 2 amide bonds. The first-order chi connectivity index (χ1) is 13.1. The van der Waals surface area contributed by atoms with E-state index in [9.17, 15) is 9.59 Å². The maximum Gasteiger partial charge on any atom is 0.228 e. The predicted molar refractivity (Wildman–Crippen MR) is 109 cm³/mol. The minimum Gasteiger partial charge on any atom is -0.326 e. The highest BCUT2D eigenvalue weighted by atomic mass is 35.5. The van der Waals surface area contributed by atoms with Crippen molar-refractivity contribution in [2.24, 2.45) is 0 Å². The molecule has 0 fully saturated rings. The summed E-state index contributed by atoms with van der Waals surface area (Å²) in [6.07, 6.45) is 0.529. The summed E-state index contributed by atoms with van der Waals surface area (Å²) in [5.41, 5.74) is 2.89. The molecule has 0 saturated carbocycles. The molecule has 2 N–H and O–H groups in total. The lowest BCUT2D eigenvalue weighted by Gasteiger charge is -2.11. The SMILES string of the molecule is O=C(Cc1ccccc1)Nc1ccc(Cl)c(NC(=O)Cc2ccccc2)c1. The Morgan fingerprint density at radius 3 is 1.78 bits per heavy atom. The third kappa shape index (κ3) is 5.69. The van der Waals surface area contributed by atoms with Gasteiger partial charge in [0.05, 0.1) is 23.6 Å². The summed E-state index contributed by atoms with van der Waals surface area (Å²) in [7, 11) is 0. The fourth-order valence-electron chi connectivity index (χ4n) is 2.66. The topological polar surface area (TPSA) is 58.2 Å². The summed E-state index contributed by atoms with van der Waals surface area (Å²) in [6.45, 7) is 0. The van der Waals surface area contributed by atoms with E-state index in [0.29, 0.717) is 16.4 Å². The van der Waals surface area contributed by atoms with E-state index in [0.717, 1.165) is 11.1 Å². The van der Waals surface area contributed by atoms with Crippen LogP contribution in [0.1, 0.15) is 11.1 Å². The van der Waals surface area contributed by atoms with E-state index in [-0.39, 0.29) is 24.7 Å². The molecule has 0 radical (unpaired) electrons. The average molecular weight is 379 g/mol. The predicted octanol–water partition coefficient (Wildman–Crippen LogP) is 4.70. The van der Waals surface area contributed by atoms with E-state index >= 15 is 0 Å². The lowest BCUT2D eigenvalue weighted by molar-refractivity contribution is -0.116. The molecule has 0 atom stereocenters. The molecule has 0 aromatic heterocycles. The van der Waals surface area contributed by atoms with Gasteiger partial charge >= 0.3 is 0 Å². The number of hydrogen-bond acceptors (Lipinski definition) is 2. The lowest BCUT2D eigenvalue weighted by atomic mass is 10.1. The molecule has 3 aromatic carbocycles. The molecule has 3 rings (SSSR count). The van der Waals surface area contributed by atoms with Crippen LogP contribution in [0.25, 0.3) is 0 Å². The van der Waals surface area contributed by atoms with Crippen LogP contribution in [0, 0.1) is 0 Å². The number of carbonyl (C=O) groups excluding carboxylic acids is 2. The van der Waals surface area contributed by atoms with Crippen molar-refractivity contribution >= 4 is 34.8 Å². The molecule has 0 aliphatic rings. The molecule has 0 heterocycles. The van der Waals surface area contributed by atoms with Gasteiger partial charge in [0.25, 0.3) is 0 Å². The first-order valence-corrected chi connectivity index (χ1v) is 8.95. The van der Waals surface area contributed by atoms with Crippen molar-refractivity contribution in [1.82, 2.24) is 0 Å². The first kappa shape index (κ1) is 18.7. The van der Waals surface area contributed by atoms with Gasteiger partial charge in [0.15, 0.2) is 0 Å². The van der Waals surface area contributed by atoms with Gasteiger partial charge in [-0.2, -0.15) is 0 Å². The second-order valence-electron chi connectivity index (χ2n) is 6.12. The Labute approximate surface area is 163 Å². The summed E-state index contributed by atoms with van der Waals surface area (Å²) in [5.74, 6) is -0.305. The Morgan fingerprint density at radius 2 is 1.22 bits per heavy atom. The van der Waals surface area contributed by atoms with Crippen molar-refractivity contribution in [2.45, 2.75) is 12.8 Å². The Hall–Kier alpha value is -3.11. The Kier molecular flexibility index (Phi) is 6.23. The Bertz CT molecular complexity index is 928. The van der Waals surface area contributed by atoms with Crippen molar-refractivity contribution in [2.75, 3.05) is 10.6 Å². The van der Waals surface area contributed by atoms with E-state index < -0.39 is 0 Å². The van der Waals surface area contributed by atoms with Crippen LogP contribution >= 0.6 is 11.6 Å². The summed E-state index contributed by atoms with van der Waals surface area (Å²) in [5, 5.41) is 6.05. The summed E-state index contributed by atoms with van der Waals surface area (Å²) in [6, 6.07) is 24.0. The number of hydrogen-bond donors (Lipinski definition) is 2. The van der Waals surface area contributed by atoms with Crippen molar-refractivity contribution in [3.05, 3.63) is 95.0 Å². The second-order valence-corrected chi connectivity index (χ2v) is 6.52. The van der Waals surface area contributed by atoms with E-state index in [1.165, 1.54) is 0 Å². The van der Waals surface area contributed by atoms with E-state index in [4.69, 9.17) is 11.6 Å². The molecule has 0 aliphatic heterocycles. The maximum atomic E-state index is 12.3. The lowest BCUT2D eigenvalue weighted by Crippen LogP contribution is -2.16. The fourth-order valence-corrected chi connectivity index (χ4v) is 2.83. The van der Waals surface area contributed by atoms with Gasteiger partial charge in [0, 0.05) is 5.69 Å². The molecule has 0 bridgehead atoms. The zero-order valence-corrected chi connectivity index (χ0v) is 15.4. The molecule has 3 aromatic rings. The van der Waals surface area contributed by atoms with Crippen LogP contribution in [0.5, 0.6) is 0 Å². The van der Waals surface area contributed by atoms with E-state index in [2.05, 4.69) is 10.6 Å². The van der Waals surface area contributed by atoms with Gasteiger partial charge in [-0.3, -0.25) is 9.59 Å². The van der Waals surface area contributed by atoms with Gasteiger partial charge in [-0.15, -0.1) is 0 Å². The molecule has 0 aliphatic carbocycles. The minimum absolute atomic E-state index is 0.134. The third-order valence-corrected chi connectivity index (χ3v) is 4.27. The van der Waals surface area contributed by atoms with E-state index in [1.807, 2.05) is 60.7 Å². The minimum atomic E-state index is -0.170. The number of halogens is 1. The number of anilines is 2. The van der Waals surface area contributed by atoms with Crippen LogP contribution in [-0.4, -0.2) is 11.8 Å². The third-order valence-electron chi connectivity index (χ3n) is 3.94. The monoisotopic (exact) mass is 378 g/mol. The van der Waals surface area contributed by atoms with Gasteiger partial charge in [0.1, 0.15) is 0 Å². The molecular weight excluding hydrogens is 360 g/mol. The van der Waals surface area contributed by atoms with Crippen LogP contribution < -0.4 is 10.6 Å². The number of nitrogens with one attached hydrogen (secondary N) is 2. The average Bonchev–Trinajstić information content (AvgIpc) is 2.66. The quantitative estimate of drug-likeness (QED) is 0.653. The van der Waals surface area contributed by atoms with Crippen molar-refractivity contribution < 1.29 is 9.59 Å². The van der Waals surface area contributed by atoms with Crippen LogP contribution in [0.15, 0.2) is 78.9 Å². The van der Waals surface area contributed by atoms with E-state index in [1.54, 1.807) is 18.2 Å². The van der Waals surface area contributed by atoms with Crippen molar-refractivity contribution in [3.8, 4) is 0 Å². The highest BCUT2D eigenvalue weighted by Crippen LogP contribution is 2.26. The van der Waals surface area contributed by atoms with Gasteiger partial charge in [-0.1, -0.05) is 72.3 Å². The number of carbonyl (C=O) groups is 2. The van der Waals surface area contributed by atoms with Crippen molar-refractivity contribution in [3.63, 3.8) is 0 Å². The van der Waals surface area contributed by atoms with Crippen molar-refractivity contribution in [1.29, 1.82) is 0 Å². The Morgan fingerprint density at radius 1 is 0.704 bits per heavy atom. The molecular formula is C22H19ClN2O2. The van der Waals surface area contributed by atoms with Gasteiger partial charge < -0.3 is 10.6 Å². The first-order valence-electron chi connectivity index (χ1n) is 8.57. The molecule has 5 heteroatoms. The van der Waals surface area contributed by atoms with Gasteiger partial charge in [-0.25, -0.2) is 0 Å². The molecule has 27 heavy (non-hydrogen) atoms. The smallest absolute Gasteiger partial charge is 0.228 e. The summed E-state index contributed by atoms with van der Waals surface area (Å²) < 4.78 is 0. The normalized spacial score (nSPS) is 10.3. The molecule has 0 spiro atoms. The van der Waals surface area contributed by atoms with Gasteiger partial charge in [-0.05, 0) is 29.3 Å².